The highest BCUT2D eigenvalue weighted by Gasteiger charge is 2.31. The number of hydrogen-bond donors (Lipinski definition) is 4. The summed E-state index contributed by atoms with van der Waals surface area (Å²) in [5, 5.41) is 21.8. The summed E-state index contributed by atoms with van der Waals surface area (Å²) in [5.74, 6) is 0. The van der Waals surface area contributed by atoms with Gasteiger partial charge in [0.2, 0.25) is 0 Å². The molecule has 0 aliphatic carbocycles. The number of nitrogens with one attached hydrogen (secondary N) is 1. The van der Waals surface area contributed by atoms with Crippen molar-refractivity contribution in [2.75, 3.05) is 19.7 Å². The van der Waals surface area contributed by atoms with Gasteiger partial charge in [0.05, 0.1) is 12.1 Å². The van der Waals surface area contributed by atoms with Gasteiger partial charge in [-0.25, -0.2) is 0 Å². The fourth-order valence-corrected chi connectivity index (χ4v) is 2.64. The zero-order valence-corrected chi connectivity index (χ0v) is 15.1. The van der Waals surface area contributed by atoms with Crippen LogP contribution >= 0.6 is 11.6 Å². The van der Waals surface area contributed by atoms with Crippen molar-refractivity contribution in [1.82, 2.24) is 5.32 Å². The second-order valence-electron chi connectivity index (χ2n) is 6.41. The van der Waals surface area contributed by atoms with Crippen molar-refractivity contribution in [1.29, 1.82) is 0 Å². The minimum absolute atomic E-state index is 0.308. The van der Waals surface area contributed by atoms with Crippen molar-refractivity contribution in [3.63, 3.8) is 0 Å². The van der Waals surface area contributed by atoms with Gasteiger partial charge in [-0.1, -0.05) is 76.3 Å². The number of hydrogen-bond acceptors (Lipinski definition) is 4. The molecule has 2 atom stereocenters. The number of alkyl halides is 1. The molecule has 0 aromatic carbocycles. The molecule has 2 unspecified atom stereocenters. The summed E-state index contributed by atoms with van der Waals surface area (Å²) in [7, 11) is 0. The predicted molar refractivity (Wildman–Crippen MR) is 95.2 cm³/mol. The topological polar surface area (TPSA) is 78.5 Å². The summed E-state index contributed by atoms with van der Waals surface area (Å²) in [4.78, 5) is 0. The molecule has 0 saturated carbocycles. The summed E-state index contributed by atoms with van der Waals surface area (Å²) >= 11 is 5.58. The molecular weight excluding hydrogens is 300 g/mol. The van der Waals surface area contributed by atoms with E-state index in [2.05, 4.69) is 12.2 Å². The van der Waals surface area contributed by atoms with E-state index in [0.29, 0.717) is 13.0 Å². The highest BCUT2D eigenvalue weighted by Crippen LogP contribution is 2.14. The number of unbranched alkanes of at least 4 members (excludes halogenated alkanes) is 9. The minimum Gasteiger partial charge on any atom is -0.394 e. The average Bonchev–Trinajstić information content (AvgIpc) is 2.51. The highest BCUT2D eigenvalue weighted by atomic mass is 35.5. The van der Waals surface area contributed by atoms with Gasteiger partial charge in [-0.15, -0.1) is 0 Å². The number of aliphatic hydroxyl groups is 2. The van der Waals surface area contributed by atoms with E-state index in [1.54, 1.807) is 0 Å². The molecule has 0 bridgehead atoms. The molecule has 0 saturated heterocycles. The Balaban J connectivity index is 3.27. The number of rotatable bonds is 16. The molecule has 0 aromatic heterocycles. The van der Waals surface area contributed by atoms with Crippen molar-refractivity contribution in [3.8, 4) is 0 Å². The van der Waals surface area contributed by atoms with Gasteiger partial charge in [0.25, 0.3) is 0 Å². The second kappa shape index (κ2) is 14.7. The van der Waals surface area contributed by atoms with E-state index in [9.17, 15) is 5.11 Å². The largest absolute Gasteiger partial charge is 0.394 e. The first-order valence-electron chi connectivity index (χ1n) is 8.99. The molecule has 0 radical (unpaired) electrons. The Bertz CT molecular complexity index is 243. The SMILES string of the molecule is CCCCCCCCCCCCNCCC(N)(CO)C(O)Cl. The number of halogens is 1. The molecule has 22 heavy (non-hydrogen) atoms. The Labute approximate surface area is 141 Å². The standard InChI is InChI=1S/C17H37ClN2O2/c1-2-3-4-5-6-7-8-9-10-11-13-20-14-12-17(19,15-21)16(18)22/h16,20-22H,2-15,19H2,1H3. The maximum Gasteiger partial charge on any atom is 0.148 e. The fraction of sp³-hybridized carbons (Fsp3) is 1.00. The first-order valence-corrected chi connectivity index (χ1v) is 9.43. The van der Waals surface area contributed by atoms with Gasteiger partial charge in [-0.2, -0.15) is 0 Å². The first kappa shape index (κ1) is 22.1. The highest BCUT2D eigenvalue weighted by molar-refractivity contribution is 6.20. The lowest BCUT2D eigenvalue weighted by Crippen LogP contribution is -2.53. The van der Waals surface area contributed by atoms with Crippen molar-refractivity contribution in [3.05, 3.63) is 0 Å². The lowest BCUT2D eigenvalue weighted by atomic mass is 9.98. The molecule has 0 spiro atoms. The van der Waals surface area contributed by atoms with E-state index >= 15 is 0 Å². The van der Waals surface area contributed by atoms with Crippen molar-refractivity contribution < 1.29 is 10.2 Å². The Morgan fingerprint density at radius 3 is 1.91 bits per heavy atom. The Hall–Kier alpha value is 0.130. The average molecular weight is 337 g/mol. The zero-order chi connectivity index (χ0) is 16.7. The van der Waals surface area contributed by atoms with Crippen LogP contribution in [-0.2, 0) is 0 Å². The van der Waals surface area contributed by atoms with Crippen molar-refractivity contribution in [2.45, 2.75) is 88.7 Å². The summed E-state index contributed by atoms with van der Waals surface area (Å²) < 4.78 is 0. The molecule has 0 aromatic rings. The van der Waals surface area contributed by atoms with Gasteiger partial charge in [0, 0.05) is 0 Å². The van der Waals surface area contributed by atoms with Crippen LogP contribution in [0.2, 0.25) is 0 Å². The Kier molecular flexibility index (Phi) is 14.8. The Morgan fingerprint density at radius 1 is 0.955 bits per heavy atom. The van der Waals surface area contributed by atoms with Crippen LogP contribution in [0.5, 0.6) is 0 Å². The van der Waals surface area contributed by atoms with Gasteiger partial charge in [-0.05, 0) is 25.9 Å². The third-order valence-corrected chi connectivity index (χ3v) is 4.68. The van der Waals surface area contributed by atoms with Crippen LogP contribution in [0.1, 0.15) is 77.6 Å². The van der Waals surface area contributed by atoms with E-state index in [0.717, 1.165) is 13.0 Å². The monoisotopic (exact) mass is 336 g/mol. The maximum atomic E-state index is 9.32. The smallest absolute Gasteiger partial charge is 0.148 e. The van der Waals surface area contributed by atoms with Crippen LogP contribution in [0.25, 0.3) is 0 Å². The third-order valence-electron chi connectivity index (χ3n) is 4.24. The first-order chi connectivity index (χ1) is 10.6. The van der Waals surface area contributed by atoms with E-state index in [1.807, 2.05) is 0 Å². The molecule has 5 heteroatoms. The van der Waals surface area contributed by atoms with E-state index in [-0.39, 0.29) is 6.61 Å². The molecule has 5 N–H and O–H groups in total. The van der Waals surface area contributed by atoms with Crippen molar-refractivity contribution in [2.24, 2.45) is 5.73 Å². The van der Waals surface area contributed by atoms with E-state index < -0.39 is 11.1 Å². The fourth-order valence-electron chi connectivity index (χ4n) is 2.46. The summed E-state index contributed by atoms with van der Waals surface area (Å²) in [6.45, 7) is 3.56. The molecular formula is C17H37ClN2O2. The second-order valence-corrected chi connectivity index (χ2v) is 6.82. The van der Waals surface area contributed by atoms with Crippen molar-refractivity contribution >= 4 is 11.6 Å². The molecule has 0 amide bonds. The van der Waals surface area contributed by atoms with E-state index in [4.69, 9.17) is 22.4 Å². The maximum absolute atomic E-state index is 9.32. The number of aliphatic hydroxyl groups excluding tert-OH is 2. The van der Waals surface area contributed by atoms with Crippen LogP contribution in [0.4, 0.5) is 0 Å². The van der Waals surface area contributed by atoms with Crippen LogP contribution in [0, 0.1) is 0 Å². The minimum atomic E-state index is -1.21. The van der Waals surface area contributed by atoms with E-state index in [1.165, 1.54) is 57.8 Å². The normalized spacial score (nSPS) is 15.7. The molecule has 0 aliphatic rings. The summed E-state index contributed by atoms with van der Waals surface area (Å²) in [5.41, 5.74) is 3.49. The van der Waals surface area contributed by atoms with Crippen LogP contribution in [0.3, 0.4) is 0 Å². The van der Waals surface area contributed by atoms with Gasteiger partial charge in [-0.3, -0.25) is 0 Å². The van der Waals surface area contributed by atoms with Crippen LogP contribution in [-0.4, -0.2) is 41.0 Å². The van der Waals surface area contributed by atoms with Gasteiger partial charge in [0.15, 0.2) is 0 Å². The van der Waals surface area contributed by atoms with Crippen LogP contribution < -0.4 is 11.1 Å². The molecule has 0 rings (SSSR count). The summed E-state index contributed by atoms with van der Waals surface area (Å²) in [6, 6.07) is 0. The molecule has 134 valence electrons. The lowest BCUT2D eigenvalue weighted by molar-refractivity contribution is 0.0885. The molecule has 0 heterocycles. The molecule has 0 fully saturated rings. The third kappa shape index (κ3) is 11.7. The Morgan fingerprint density at radius 2 is 1.45 bits per heavy atom. The lowest BCUT2D eigenvalue weighted by Gasteiger charge is -2.28. The molecule has 4 nitrogen and oxygen atoms in total. The summed E-state index contributed by atoms with van der Waals surface area (Å²) in [6.07, 6.45) is 13.8. The van der Waals surface area contributed by atoms with Gasteiger partial charge >= 0.3 is 0 Å². The predicted octanol–water partition coefficient (Wildman–Crippen LogP) is 3.13. The van der Waals surface area contributed by atoms with Crippen LogP contribution in [0.15, 0.2) is 0 Å². The quantitative estimate of drug-likeness (QED) is 0.258. The number of nitrogens with two attached hydrogens (primary N) is 1. The zero-order valence-electron chi connectivity index (χ0n) is 14.3. The van der Waals surface area contributed by atoms with Gasteiger partial charge in [0.1, 0.15) is 5.56 Å². The molecule has 0 aliphatic heterocycles. The van der Waals surface area contributed by atoms with Gasteiger partial charge < -0.3 is 21.3 Å².